The molecular weight excluding hydrogens is 502 g/mol. The molecule has 0 radical (unpaired) electrons. The predicted molar refractivity (Wildman–Crippen MR) is 153 cm³/mol. The van der Waals surface area contributed by atoms with Gasteiger partial charge in [-0.1, -0.05) is 24.8 Å². The highest BCUT2D eigenvalue weighted by Crippen LogP contribution is 2.53. The third kappa shape index (κ3) is 6.27. The Balaban J connectivity index is 0.919. The lowest BCUT2D eigenvalue weighted by Crippen LogP contribution is -2.55. The average molecular weight is 544 g/mol. The fraction of sp³-hybridized carbons (Fsp3) is 0.529. The maximum absolute atomic E-state index is 13.0. The van der Waals surface area contributed by atoms with Gasteiger partial charge in [0.15, 0.2) is 0 Å². The van der Waals surface area contributed by atoms with Crippen LogP contribution >= 0.6 is 0 Å². The molecule has 6 heteroatoms. The van der Waals surface area contributed by atoms with Crippen LogP contribution < -0.4 is 10.1 Å². The number of carbonyl (C=O) groups is 2. The van der Waals surface area contributed by atoms with Gasteiger partial charge in [-0.05, 0) is 123 Å². The Labute approximate surface area is 237 Å². The van der Waals surface area contributed by atoms with Crippen LogP contribution in [0.15, 0.2) is 61.2 Å². The minimum absolute atomic E-state index is 0.0592. The molecule has 5 aliphatic rings. The van der Waals surface area contributed by atoms with E-state index in [1.165, 1.54) is 32.1 Å². The van der Waals surface area contributed by atoms with Crippen molar-refractivity contribution in [2.45, 2.75) is 82.6 Å². The second kappa shape index (κ2) is 12.2. The monoisotopic (exact) mass is 543 g/mol. The highest BCUT2D eigenvalue weighted by molar-refractivity contribution is 5.94. The maximum atomic E-state index is 13.0. The number of esters is 1. The van der Waals surface area contributed by atoms with Crippen molar-refractivity contribution in [2.75, 3.05) is 6.61 Å². The molecule has 1 amide bonds. The van der Waals surface area contributed by atoms with Gasteiger partial charge in [-0.15, -0.1) is 0 Å². The van der Waals surface area contributed by atoms with Gasteiger partial charge in [-0.25, -0.2) is 4.79 Å². The fourth-order valence-electron chi connectivity index (χ4n) is 7.76. The van der Waals surface area contributed by atoms with E-state index in [9.17, 15) is 9.59 Å². The van der Waals surface area contributed by atoms with E-state index < -0.39 is 0 Å². The van der Waals surface area contributed by atoms with Crippen LogP contribution in [0.1, 0.15) is 84.1 Å². The molecular formula is C34H41NO5. The fourth-order valence-corrected chi connectivity index (χ4v) is 7.76. The van der Waals surface area contributed by atoms with Gasteiger partial charge < -0.3 is 19.5 Å². The van der Waals surface area contributed by atoms with Crippen molar-refractivity contribution >= 4 is 11.9 Å². The van der Waals surface area contributed by atoms with E-state index in [0.717, 1.165) is 54.4 Å². The van der Waals surface area contributed by atoms with Crippen LogP contribution in [0.25, 0.3) is 0 Å². The summed E-state index contributed by atoms with van der Waals surface area (Å²) < 4.78 is 17.5. The number of benzene rings is 2. The molecule has 2 aromatic carbocycles. The number of hydrogen-bond donors (Lipinski definition) is 1. The van der Waals surface area contributed by atoms with Crippen LogP contribution in [-0.2, 0) is 16.1 Å². The number of hydrogen-bond acceptors (Lipinski definition) is 5. The van der Waals surface area contributed by atoms with Crippen LogP contribution in [0.2, 0.25) is 0 Å². The Hall–Kier alpha value is -3.12. The maximum Gasteiger partial charge on any atom is 0.338 e. The summed E-state index contributed by atoms with van der Waals surface area (Å²) in [4.78, 5) is 24.9. The Morgan fingerprint density at radius 2 is 1.40 bits per heavy atom. The van der Waals surface area contributed by atoms with Gasteiger partial charge in [0.2, 0.25) is 0 Å². The quantitative estimate of drug-likeness (QED) is 0.274. The van der Waals surface area contributed by atoms with Gasteiger partial charge in [-0.3, -0.25) is 4.79 Å². The summed E-state index contributed by atoms with van der Waals surface area (Å²) in [5.41, 5.74) is 2.28. The SMILES string of the molecule is C=CCOC(=O)c1ccc(COC2CCC(Oc3ccc(C(=O)NC4C5CC6CC(C5)CC4C6)cc3)CC2)cc1. The third-order valence-corrected chi connectivity index (χ3v) is 9.57. The van der Waals surface area contributed by atoms with E-state index in [0.29, 0.717) is 30.0 Å². The van der Waals surface area contributed by atoms with Crippen LogP contribution in [0, 0.1) is 23.7 Å². The zero-order valence-corrected chi connectivity index (χ0v) is 23.3. The van der Waals surface area contributed by atoms with Crippen molar-refractivity contribution in [1.82, 2.24) is 5.32 Å². The van der Waals surface area contributed by atoms with E-state index in [1.807, 2.05) is 36.4 Å². The Bertz CT molecular complexity index is 1150. The topological polar surface area (TPSA) is 73.9 Å². The summed E-state index contributed by atoms with van der Waals surface area (Å²) in [7, 11) is 0. The molecule has 5 saturated carbocycles. The standard InChI is InChI=1S/C34H41NO5/c1-2-15-38-34(37)26-5-3-22(4-6-26)21-39-29-11-13-31(14-12-29)40-30-9-7-25(8-10-30)33(36)35-32-27-17-23-16-24(19-27)20-28(32)18-23/h2-10,23-24,27-29,31-32H,1,11-21H2,(H,35,36). The van der Waals surface area contributed by atoms with Gasteiger partial charge in [0, 0.05) is 11.6 Å². The van der Waals surface area contributed by atoms with Gasteiger partial charge >= 0.3 is 5.97 Å². The molecule has 7 rings (SSSR count). The highest BCUT2D eigenvalue weighted by Gasteiger charge is 2.48. The molecule has 0 heterocycles. The van der Waals surface area contributed by atoms with Gasteiger partial charge in [0.25, 0.3) is 5.91 Å². The normalized spacial score (nSPS) is 30.4. The van der Waals surface area contributed by atoms with Crippen LogP contribution in [0.4, 0.5) is 0 Å². The zero-order chi connectivity index (χ0) is 27.5. The largest absolute Gasteiger partial charge is 0.490 e. The van der Waals surface area contributed by atoms with Crippen molar-refractivity contribution in [3.63, 3.8) is 0 Å². The van der Waals surface area contributed by atoms with Crippen molar-refractivity contribution in [1.29, 1.82) is 0 Å². The molecule has 0 atom stereocenters. The lowest BCUT2D eigenvalue weighted by atomic mass is 9.54. The molecule has 6 nitrogen and oxygen atoms in total. The Morgan fingerprint density at radius 1 is 0.800 bits per heavy atom. The van der Waals surface area contributed by atoms with Crippen molar-refractivity contribution in [3.8, 4) is 5.75 Å². The molecule has 4 bridgehead atoms. The summed E-state index contributed by atoms with van der Waals surface area (Å²) in [5.74, 6) is 3.72. The van der Waals surface area contributed by atoms with Crippen molar-refractivity contribution in [3.05, 3.63) is 77.9 Å². The first-order valence-corrected chi connectivity index (χ1v) is 15.1. The van der Waals surface area contributed by atoms with E-state index in [1.54, 1.807) is 18.2 Å². The third-order valence-electron chi connectivity index (χ3n) is 9.57. The molecule has 0 unspecified atom stereocenters. The van der Waals surface area contributed by atoms with Crippen molar-refractivity contribution in [2.24, 2.45) is 23.7 Å². The minimum Gasteiger partial charge on any atom is -0.490 e. The number of nitrogens with one attached hydrogen (secondary N) is 1. The molecule has 5 aliphatic carbocycles. The Kier molecular flexibility index (Phi) is 8.24. The predicted octanol–water partition coefficient (Wildman–Crippen LogP) is 6.49. The highest BCUT2D eigenvalue weighted by atomic mass is 16.5. The molecule has 0 saturated heterocycles. The zero-order valence-electron chi connectivity index (χ0n) is 23.3. The molecule has 5 fully saturated rings. The van der Waals surface area contributed by atoms with Crippen LogP contribution in [-0.4, -0.2) is 36.7 Å². The van der Waals surface area contributed by atoms with Crippen molar-refractivity contribution < 1.29 is 23.8 Å². The first-order chi connectivity index (χ1) is 19.5. The van der Waals surface area contributed by atoms with Crippen LogP contribution in [0.5, 0.6) is 5.75 Å². The van der Waals surface area contributed by atoms with Crippen LogP contribution in [0.3, 0.4) is 0 Å². The summed E-state index contributed by atoms with van der Waals surface area (Å²) in [6.45, 7) is 4.28. The first kappa shape index (κ1) is 27.1. The summed E-state index contributed by atoms with van der Waals surface area (Å²) in [6.07, 6.45) is 12.3. The number of carbonyl (C=O) groups excluding carboxylic acids is 2. The van der Waals surface area contributed by atoms with Gasteiger partial charge in [0.1, 0.15) is 12.4 Å². The summed E-state index contributed by atoms with van der Waals surface area (Å²) in [5, 5.41) is 3.41. The summed E-state index contributed by atoms with van der Waals surface area (Å²) in [6, 6.07) is 15.4. The van der Waals surface area contributed by atoms with Gasteiger partial charge in [-0.2, -0.15) is 0 Å². The number of amides is 1. The van der Waals surface area contributed by atoms with E-state index in [-0.39, 0.29) is 30.7 Å². The number of rotatable bonds is 10. The number of ether oxygens (including phenoxy) is 3. The molecule has 40 heavy (non-hydrogen) atoms. The molecule has 0 aromatic heterocycles. The Morgan fingerprint density at radius 3 is 2.02 bits per heavy atom. The smallest absolute Gasteiger partial charge is 0.338 e. The first-order valence-electron chi connectivity index (χ1n) is 15.1. The van der Waals surface area contributed by atoms with Gasteiger partial charge in [0.05, 0.1) is 24.4 Å². The lowest BCUT2D eigenvalue weighted by molar-refractivity contribution is -0.0119. The molecule has 2 aromatic rings. The van der Waals surface area contributed by atoms with E-state index >= 15 is 0 Å². The lowest BCUT2D eigenvalue weighted by Gasteiger charge is -2.54. The second-order valence-corrected chi connectivity index (χ2v) is 12.4. The van der Waals surface area contributed by atoms with E-state index in [4.69, 9.17) is 14.2 Å². The molecule has 212 valence electrons. The molecule has 0 spiro atoms. The second-order valence-electron chi connectivity index (χ2n) is 12.4. The molecule has 1 N–H and O–H groups in total. The average Bonchev–Trinajstić information content (AvgIpc) is 2.97. The van der Waals surface area contributed by atoms with E-state index in [2.05, 4.69) is 11.9 Å². The molecule has 0 aliphatic heterocycles. The minimum atomic E-state index is -0.346. The summed E-state index contributed by atoms with van der Waals surface area (Å²) >= 11 is 0.